The highest BCUT2D eigenvalue weighted by atomic mass is 35.5. The van der Waals surface area contributed by atoms with E-state index in [1.807, 2.05) is 0 Å². The van der Waals surface area contributed by atoms with Gasteiger partial charge in [-0.1, -0.05) is 11.6 Å². The maximum absolute atomic E-state index is 10.9. The molecule has 0 aromatic heterocycles. The molecule has 0 spiro atoms. The number of thiol groups is 1. The number of nitrogen functional groups attached to an aromatic ring is 1. The van der Waals surface area contributed by atoms with Crippen LogP contribution in [0.3, 0.4) is 0 Å². The zero-order chi connectivity index (χ0) is 13.2. The highest BCUT2D eigenvalue weighted by Gasteiger charge is 2.23. The monoisotopic (exact) mass is 277 g/mol. The summed E-state index contributed by atoms with van der Waals surface area (Å²) < 4.78 is 0. The maximum atomic E-state index is 10.9. The molecule has 0 amide bonds. The van der Waals surface area contributed by atoms with Crippen molar-refractivity contribution in [3.63, 3.8) is 0 Å². The molecule has 94 valence electrons. The van der Waals surface area contributed by atoms with E-state index in [1.54, 1.807) is 0 Å². The molecule has 2 unspecified atom stereocenters. The molecule has 0 bridgehead atoms. The Hall–Kier alpha value is -0.950. The SMILES string of the molecule is Nc1c(C(=O)O)cc(Cl)cc1C(O)C(O)CS. The van der Waals surface area contributed by atoms with Crippen molar-refractivity contribution >= 4 is 35.9 Å². The fourth-order valence-corrected chi connectivity index (χ4v) is 1.79. The Morgan fingerprint density at radius 1 is 1.47 bits per heavy atom. The first-order valence-electron chi connectivity index (χ1n) is 4.67. The zero-order valence-corrected chi connectivity index (χ0v) is 10.3. The Morgan fingerprint density at radius 2 is 2.06 bits per heavy atom. The number of nitrogens with two attached hydrogens (primary N) is 1. The van der Waals surface area contributed by atoms with Crippen molar-refractivity contribution in [3.05, 3.63) is 28.3 Å². The van der Waals surface area contributed by atoms with Crippen LogP contribution in [0.15, 0.2) is 12.1 Å². The second-order valence-electron chi connectivity index (χ2n) is 3.46. The summed E-state index contributed by atoms with van der Waals surface area (Å²) in [6, 6.07) is 2.50. The van der Waals surface area contributed by atoms with E-state index in [4.69, 9.17) is 22.4 Å². The highest BCUT2D eigenvalue weighted by Crippen LogP contribution is 2.30. The van der Waals surface area contributed by atoms with Crippen molar-refractivity contribution < 1.29 is 20.1 Å². The molecule has 0 aliphatic carbocycles. The zero-order valence-electron chi connectivity index (χ0n) is 8.67. The van der Waals surface area contributed by atoms with Gasteiger partial charge in [0, 0.05) is 16.3 Å². The number of aliphatic hydroxyl groups excluding tert-OH is 2. The molecule has 0 saturated heterocycles. The minimum absolute atomic E-state index is 0.00945. The summed E-state index contributed by atoms with van der Waals surface area (Å²) in [5.74, 6) is -1.24. The van der Waals surface area contributed by atoms with Crippen LogP contribution in [0, 0.1) is 0 Å². The summed E-state index contributed by atoms with van der Waals surface area (Å²) >= 11 is 9.56. The average Bonchev–Trinajstić information content (AvgIpc) is 2.29. The molecule has 5 nitrogen and oxygen atoms in total. The molecule has 1 aromatic carbocycles. The van der Waals surface area contributed by atoms with Crippen LogP contribution in [0.2, 0.25) is 5.02 Å². The first-order valence-corrected chi connectivity index (χ1v) is 5.68. The van der Waals surface area contributed by atoms with E-state index in [9.17, 15) is 15.0 Å². The summed E-state index contributed by atoms with van der Waals surface area (Å²) in [7, 11) is 0. The van der Waals surface area contributed by atoms with Gasteiger partial charge in [0.1, 0.15) is 6.10 Å². The predicted octanol–water partition coefficient (Wildman–Crippen LogP) is 0.944. The van der Waals surface area contributed by atoms with Gasteiger partial charge in [0.05, 0.1) is 17.4 Å². The number of benzene rings is 1. The Balaban J connectivity index is 3.29. The topological polar surface area (TPSA) is 104 Å². The number of aliphatic hydroxyl groups is 2. The molecule has 0 saturated carbocycles. The predicted molar refractivity (Wildman–Crippen MR) is 67.6 cm³/mol. The normalized spacial score (nSPS) is 14.4. The second-order valence-corrected chi connectivity index (χ2v) is 4.26. The minimum Gasteiger partial charge on any atom is -0.478 e. The lowest BCUT2D eigenvalue weighted by molar-refractivity contribution is 0.0341. The molecule has 7 heteroatoms. The number of carboxylic acids is 1. The maximum Gasteiger partial charge on any atom is 0.337 e. The van der Waals surface area contributed by atoms with Gasteiger partial charge in [-0.2, -0.15) is 12.6 Å². The van der Waals surface area contributed by atoms with E-state index >= 15 is 0 Å². The van der Waals surface area contributed by atoms with Crippen LogP contribution in [-0.4, -0.2) is 33.1 Å². The quantitative estimate of drug-likeness (QED) is 0.416. The molecule has 2 atom stereocenters. The Bertz CT molecular complexity index is 441. The number of halogens is 1. The lowest BCUT2D eigenvalue weighted by atomic mass is 10.00. The summed E-state index contributed by atoms with van der Waals surface area (Å²) in [5, 5.41) is 28.2. The van der Waals surface area contributed by atoms with Gasteiger partial charge in [-0.05, 0) is 12.1 Å². The smallest absolute Gasteiger partial charge is 0.337 e. The van der Waals surface area contributed by atoms with Crippen LogP contribution >= 0.6 is 24.2 Å². The van der Waals surface area contributed by atoms with Gasteiger partial charge in [-0.15, -0.1) is 0 Å². The summed E-state index contributed by atoms with van der Waals surface area (Å²) in [5.41, 5.74) is 5.37. The third-order valence-electron chi connectivity index (χ3n) is 2.28. The first-order chi connectivity index (χ1) is 7.88. The Labute approximate surface area is 108 Å². The summed E-state index contributed by atoms with van der Waals surface area (Å²) in [4.78, 5) is 10.9. The van der Waals surface area contributed by atoms with Gasteiger partial charge in [0.2, 0.25) is 0 Å². The molecule has 1 rings (SSSR count). The molecular weight excluding hydrogens is 266 g/mol. The molecule has 0 aliphatic heterocycles. The number of carbonyl (C=O) groups is 1. The van der Waals surface area contributed by atoms with E-state index in [1.165, 1.54) is 12.1 Å². The van der Waals surface area contributed by atoms with Crippen LogP contribution in [0.1, 0.15) is 22.0 Å². The Kier molecular flexibility index (Phi) is 4.64. The largest absolute Gasteiger partial charge is 0.478 e. The van der Waals surface area contributed by atoms with Gasteiger partial charge < -0.3 is 21.1 Å². The molecular formula is C10H12ClNO4S. The van der Waals surface area contributed by atoms with E-state index in [2.05, 4.69) is 12.6 Å². The van der Waals surface area contributed by atoms with Crippen LogP contribution in [0.25, 0.3) is 0 Å². The van der Waals surface area contributed by atoms with Crippen LogP contribution in [-0.2, 0) is 0 Å². The molecule has 17 heavy (non-hydrogen) atoms. The standard InChI is InChI=1S/C10H12ClNO4S/c11-4-1-5(9(14)7(13)3-17)8(12)6(2-4)10(15)16/h1-2,7,9,13-14,17H,3,12H2,(H,15,16). The molecule has 0 radical (unpaired) electrons. The molecule has 1 aromatic rings. The van der Waals surface area contributed by atoms with Crippen LogP contribution in [0.4, 0.5) is 5.69 Å². The number of aromatic carboxylic acids is 1. The van der Waals surface area contributed by atoms with Crippen LogP contribution < -0.4 is 5.73 Å². The van der Waals surface area contributed by atoms with Crippen molar-refractivity contribution in [2.75, 3.05) is 11.5 Å². The van der Waals surface area contributed by atoms with Crippen molar-refractivity contribution in [2.24, 2.45) is 0 Å². The summed E-state index contributed by atoms with van der Waals surface area (Å²) in [6.45, 7) is 0. The van der Waals surface area contributed by atoms with Gasteiger partial charge in [-0.25, -0.2) is 4.79 Å². The average molecular weight is 278 g/mol. The molecule has 0 fully saturated rings. The highest BCUT2D eigenvalue weighted by molar-refractivity contribution is 7.80. The van der Waals surface area contributed by atoms with Crippen molar-refractivity contribution in [1.29, 1.82) is 0 Å². The first kappa shape index (κ1) is 14.1. The lowest BCUT2D eigenvalue weighted by Crippen LogP contribution is -2.21. The molecule has 5 N–H and O–H groups in total. The minimum atomic E-state index is -1.33. The molecule has 0 heterocycles. The van der Waals surface area contributed by atoms with Crippen molar-refractivity contribution in [3.8, 4) is 0 Å². The van der Waals surface area contributed by atoms with Gasteiger partial charge in [0.15, 0.2) is 0 Å². The number of hydrogen-bond donors (Lipinski definition) is 5. The lowest BCUT2D eigenvalue weighted by Gasteiger charge is -2.19. The second kappa shape index (κ2) is 5.59. The van der Waals surface area contributed by atoms with Gasteiger partial charge in [0.25, 0.3) is 0 Å². The van der Waals surface area contributed by atoms with Crippen molar-refractivity contribution in [1.82, 2.24) is 0 Å². The number of hydrogen-bond acceptors (Lipinski definition) is 5. The fraction of sp³-hybridized carbons (Fsp3) is 0.300. The van der Waals surface area contributed by atoms with Gasteiger partial charge >= 0.3 is 5.97 Å². The van der Waals surface area contributed by atoms with Crippen molar-refractivity contribution in [2.45, 2.75) is 12.2 Å². The Morgan fingerprint density at radius 3 is 2.53 bits per heavy atom. The number of rotatable bonds is 4. The van der Waals surface area contributed by atoms with E-state index in [-0.39, 0.29) is 27.6 Å². The van der Waals surface area contributed by atoms with E-state index in [0.29, 0.717) is 0 Å². The summed E-state index contributed by atoms with van der Waals surface area (Å²) in [6.07, 6.45) is -2.48. The third kappa shape index (κ3) is 3.04. The van der Waals surface area contributed by atoms with Crippen LogP contribution in [0.5, 0.6) is 0 Å². The fourth-order valence-electron chi connectivity index (χ4n) is 1.37. The van der Waals surface area contributed by atoms with E-state index < -0.39 is 18.2 Å². The number of anilines is 1. The third-order valence-corrected chi connectivity index (χ3v) is 2.87. The van der Waals surface area contributed by atoms with Gasteiger partial charge in [-0.3, -0.25) is 0 Å². The van der Waals surface area contributed by atoms with E-state index in [0.717, 1.165) is 0 Å². The number of carboxylic acid groups (broad SMARTS) is 1. The molecule has 0 aliphatic rings.